The molecule has 1 aromatic carbocycles. The number of methoxy groups -OCH3 is 1. The van der Waals surface area contributed by atoms with Crippen molar-refractivity contribution in [1.82, 2.24) is 24.7 Å². The molecule has 0 aliphatic heterocycles. The fourth-order valence-corrected chi connectivity index (χ4v) is 3.20. The lowest BCUT2D eigenvalue weighted by Crippen LogP contribution is -2.12. The molecule has 4 rings (SSSR count). The molecule has 0 fully saturated rings. The van der Waals surface area contributed by atoms with Gasteiger partial charge in [-0.3, -0.25) is 4.79 Å². The predicted octanol–water partition coefficient (Wildman–Crippen LogP) is 3.29. The molecule has 3 heterocycles. The summed E-state index contributed by atoms with van der Waals surface area (Å²) >= 11 is 0. The van der Waals surface area contributed by atoms with Crippen LogP contribution in [0.5, 0.6) is 0 Å². The maximum Gasteiger partial charge on any atom is 0.354 e. The average molecular weight is 404 g/mol. The van der Waals surface area contributed by atoms with Gasteiger partial charge < -0.3 is 19.6 Å². The van der Waals surface area contributed by atoms with Crippen LogP contribution in [0.3, 0.4) is 0 Å². The molecule has 0 aliphatic rings. The summed E-state index contributed by atoms with van der Waals surface area (Å²) in [6, 6.07) is 12.2. The van der Waals surface area contributed by atoms with Crippen molar-refractivity contribution >= 4 is 28.4 Å². The second-order valence-corrected chi connectivity index (χ2v) is 6.96. The Morgan fingerprint density at radius 3 is 2.77 bits per heavy atom. The summed E-state index contributed by atoms with van der Waals surface area (Å²) in [5.74, 6) is 0.609. The van der Waals surface area contributed by atoms with Gasteiger partial charge in [0.25, 0.3) is 0 Å². The topological polar surface area (TPSA) is 115 Å². The summed E-state index contributed by atoms with van der Waals surface area (Å²) in [6.45, 7) is 4.08. The van der Waals surface area contributed by atoms with E-state index in [4.69, 9.17) is 4.74 Å². The van der Waals surface area contributed by atoms with Crippen molar-refractivity contribution in [2.45, 2.75) is 19.9 Å². The minimum Gasteiger partial charge on any atom is -0.464 e. The Kier molecular flexibility index (Phi) is 5.01. The number of hydrogen-bond donors (Lipinski definition) is 2. The fourth-order valence-electron chi connectivity index (χ4n) is 3.20. The number of nitrogens with zero attached hydrogens (tertiary/aromatic N) is 4. The molecule has 4 aromatic rings. The number of benzene rings is 1. The van der Waals surface area contributed by atoms with E-state index >= 15 is 0 Å². The number of pyridine rings is 2. The van der Waals surface area contributed by atoms with E-state index in [1.165, 1.54) is 13.2 Å². The van der Waals surface area contributed by atoms with Gasteiger partial charge in [-0.1, -0.05) is 12.1 Å². The van der Waals surface area contributed by atoms with Gasteiger partial charge in [-0.2, -0.15) is 0 Å². The number of aromatic nitrogens is 5. The van der Waals surface area contributed by atoms with E-state index in [2.05, 4.69) is 25.5 Å². The number of H-pyrrole nitrogens is 1. The summed E-state index contributed by atoms with van der Waals surface area (Å²) in [5, 5.41) is 11.8. The Labute approximate surface area is 171 Å². The van der Waals surface area contributed by atoms with E-state index in [1.54, 1.807) is 30.6 Å². The molecule has 0 saturated carbocycles. The van der Waals surface area contributed by atoms with E-state index in [1.807, 2.05) is 30.5 Å². The van der Waals surface area contributed by atoms with Gasteiger partial charge in [0.15, 0.2) is 11.3 Å². The van der Waals surface area contributed by atoms with Gasteiger partial charge in [0, 0.05) is 12.1 Å². The molecule has 2 N–H and O–H groups in total. The van der Waals surface area contributed by atoms with Gasteiger partial charge in [-0.25, -0.2) is 9.78 Å². The molecule has 9 nitrogen and oxygen atoms in total. The lowest BCUT2D eigenvalue weighted by atomic mass is 10.1. The molecular formula is C21H20N6O3. The number of ether oxygens (including phenoxy) is 1. The highest BCUT2D eigenvalue weighted by Crippen LogP contribution is 2.25. The van der Waals surface area contributed by atoms with Crippen molar-refractivity contribution in [1.29, 1.82) is 0 Å². The summed E-state index contributed by atoms with van der Waals surface area (Å²) in [5.41, 5.74) is 1.54. The lowest BCUT2D eigenvalue weighted by Gasteiger charge is -2.12. The molecule has 0 spiro atoms. The first-order chi connectivity index (χ1) is 14.5. The molecule has 0 unspecified atom stereocenters. The Bertz CT molecular complexity index is 1290. The first-order valence-electron chi connectivity index (χ1n) is 9.36. The highest BCUT2D eigenvalue weighted by Gasteiger charge is 2.14. The molecule has 0 aliphatic carbocycles. The number of esters is 1. The second kappa shape index (κ2) is 7.78. The van der Waals surface area contributed by atoms with Crippen LogP contribution >= 0.6 is 0 Å². The largest absolute Gasteiger partial charge is 0.464 e. The van der Waals surface area contributed by atoms with Crippen molar-refractivity contribution in [3.63, 3.8) is 0 Å². The fraction of sp³-hybridized carbons (Fsp3) is 0.190. The molecule has 0 amide bonds. The van der Waals surface area contributed by atoms with Crippen molar-refractivity contribution in [2.24, 2.45) is 0 Å². The third-order valence-electron chi connectivity index (χ3n) is 4.63. The van der Waals surface area contributed by atoms with Crippen molar-refractivity contribution in [3.05, 3.63) is 64.7 Å². The molecular weight excluding hydrogens is 384 g/mol. The van der Waals surface area contributed by atoms with Crippen molar-refractivity contribution in [2.75, 3.05) is 12.4 Å². The molecule has 0 atom stereocenters. The van der Waals surface area contributed by atoms with Crippen LogP contribution in [0.25, 0.3) is 22.4 Å². The van der Waals surface area contributed by atoms with Crippen LogP contribution in [-0.2, 0) is 4.74 Å². The van der Waals surface area contributed by atoms with E-state index in [0.717, 1.165) is 0 Å². The molecule has 30 heavy (non-hydrogen) atoms. The first kappa shape index (κ1) is 19.3. The van der Waals surface area contributed by atoms with E-state index in [0.29, 0.717) is 33.9 Å². The number of anilines is 2. The maximum absolute atomic E-state index is 12.7. The number of nitrogens with one attached hydrogen (secondary N) is 2. The summed E-state index contributed by atoms with van der Waals surface area (Å²) < 4.78 is 6.63. The van der Waals surface area contributed by atoms with Gasteiger partial charge in [0.1, 0.15) is 23.5 Å². The second-order valence-electron chi connectivity index (χ2n) is 6.96. The average Bonchev–Trinajstić information content (AvgIpc) is 3.23. The summed E-state index contributed by atoms with van der Waals surface area (Å²) in [6.07, 6.45) is 1.67. The van der Waals surface area contributed by atoms with Gasteiger partial charge in [-0.15, -0.1) is 10.2 Å². The zero-order valence-electron chi connectivity index (χ0n) is 16.7. The van der Waals surface area contributed by atoms with Crippen LogP contribution < -0.4 is 10.7 Å². The molecule has 3 aromatic heterocycles. The van der Waals surface area contributed by atoms with Crippen LogP contribution in [-0.4, -0.2) is 37.8 Å². The standard InChI is InChI=1S/C21H20N6O3/c1-12(2)27-11-22-26-20(27)15-8-5-9-18(25-15)24-14-7-4-6-13-19(14)17(28)10-16(23-13)21(29)30-3/h4-12H,1-3H3,(H,23,28)(H,24,25). The van der Waals surface area contributed by atoms with E-state index < -0.39 is 5.97 Å². The SMILES string of the molecule is COC(=O)c1cc(=O)c2c(Nc3cccc(-c4nncn4C(C)C)n3)cccc2[nH]1. The minimum atomic E-state index is -0.601. The van der Waals surface area contributed by atoms with Gasteiger partial charge >= 0.3 is 5.97 Å². The number of rotatable bonds is 5. The number of aromatic amines is 1. The smallest absolute Gasteiger partial charge is 0.354 e. The minimum absolute atomic E-state index is 0.0975. The number of carbonyl (C=O) groups is 1. The Morgan fingerprint density at radius 2 is 2.00 bits per heavy atom. The van der Waals surface area contributed by atoms with Crippen molar-refractivity contribution < 1.29 is 9.53 Å². The van der Waals surface area contributed by atoms with E-state index in [-0.39, 0.29) is 17.2 Å². The zero-order chi connectivity index (χ0) is 21.3. The van der Waals surface area contributed by atoms with Gasteiger partial charge in [-0.05, 0) is 38.1 Å². The van der Waals surface area contributed by atoms with Crippen molar-refractivity contribution in [3.8, 4) is 11.5 Å². The number of hydrogen-bond acceptors (Lipinski definition) is 7. The number of carbonyl (C=O) groups excluding carboxylic acids is 1. The third kappa shape index (κ3) is 3.52. The normalized spacial score (nSPS) is 11.1. The number of fused-ring (bicyclic) bond motifs is 1. The van der Waals surface area contributed by atoms with Crippen LogP contribution in [0.4, 0.5) is 11.5 Å². The molecule has 0 bridgehead atoms. The Hall–Kier alpha value is -4.01. The van der Waals surface area contributed by atoms with Crippen LogP contribution in [0.2, 0.25) is 0 Å². The summed E-state index contributed by atoms with van der Waals surface area (Å²) in [7, 11) is 1.27. The predicted molar refractivity (Wildman–Crippen MR) is 113 cm³/mol. The van der Waals surface area contributed by atoms with Gasteiger partial charge in [0.05, 0.1) is 23.7 Å². The monoisotopic (exact) mass is 404 g/mol. The first-order valence-corrected chi connectivity index (χ1v) is 9.36. The quantitative estimate of drug-likeness (QED) is 0.491. The highest BCUT2D eigenvalue weighted by atomic mass is 16.5. The van der Waals surface area contributed by atoms with E-state index in [9.17, 15) is 9.59 Å². The maximum atomic E-state index is 12.7. The molecule has 152 valence electrons. The van der Waals surface area contributed by atoms with Crippen LogP contribution in [0, 0.1) is 0 Å². The van der Waals surface area contributed by atoms with Crippen LogP contribution in [0.15, 0.2) is 53.6 Å². The zero-order valence-corrected chi connectivity index (χ0v) is 16.7. The third-order valence-corrected chi connectivity index (χ3v) is 4.63. The Morgan fingerprint density at radius 1 is 1.20 bits per heavy atom. The highest BCUT2D eigenvalue weighted by molar-refractivity contribution is 5.96. The summed E-state index contributed by atoms with van der Waals surface area (Å²) in [4.78, 5) is 32.0. The Balaban J connectivity index is 1.74. The molecule has 9 heteroatoms. The molecule has 0 radical (unpaired) electrons. The van der Waals surface area contributed by atoms with Crippen LogP contribution in [0.1, 0.15) is 30.4 Å². The lowest BCUT2D eigenvalue weighted by molar-refractivity contribution is 0.0594. The molecule has 0 saturated heterocycles. The van der Waals surface area contributed by atoms with Gasteiger partial charge in [0.2, 0.25) is 0 Å².